The van der Waals surface area contributed by atoms with E-state index in [1.54, 1.807) is 0 Å². The number of hydrogen-bond acceptors (Lipinski definition) is 10. The maximum absolute atomic E-state index is 15.0. The molecule has 2 aliphatic heterocycles. The summed E-state index contributed by atoms with van der Waals surface area (Å²) in [6.07, 6.45) is -1.43. The van der Waals surface area contributed by atoms with Crippen LogP contribution in [0.2, 0.25) is 0 Å². The Morgan fingerprint density at radius 1 is 1.00 bits per heavy atom. The van der Waals surface area contributed by atoms with E-state index in [2.05, 4.69) is 30.2 Å². The molecule has 316 valence electrons. The van der Waals surface area contributed by atoms with Crippen molar-refractivity contribution >= 4 is 29.2 Å². The van der Waals surface area contributed by atoms with Crippen molar-refractivity contribution in [3.8, 4) is 11.5 Å². The Bertz CT molecular complexity index is 2140. The van der Waals surface area contributed by atoms with Gasteiger partial charge in [-0.3, -0.25) is 24.4 Å². The van der Waals surface area contributed by atoms with Gasteiger partial charge in [0.25, 0.3) is 12.3 Å². The Hall–Kier alpha value is -5.37. The molecule has 3 aliphatic rings. The highest BCUT2D eigenvalue weighted by molar-refractivity contribution is 6.01. The molecule has 13 nitrogen and oxygen atoms in total. The third-order valence-electron chi connectivity index (χ3n) is 11.2. The van der Waals surface area contributed by atoms with E-state index in [-0.39, 0.29) is 47.4 Å². The summed E-state index contributed by atoms with van der Waals surface area (Å²) in [4.78, 5) is 48.3. The van der Waals surface area contributed by atoms with Crippen LogP contribution in [0.15, 0.2) is 47.3 Å². The number of benzene rings is 1. The minimum atomic E-state index is -4.81. The van der Waals surface area contributed by atoms with Crippen molar-refractivity contribution in [2.75, 3.05) is 50.7 Å². The molecule has 1 aliphatic carbocycles. The number of piperazine rings is 1. The second-order valence-electron chi connectivity index (χ2n) is 15.2. The number of oxazole rings is 1. The van der Waals surface area contributed by atoms with Crippen molar-refractivity contribution in [1.29, 1.82) is 0 Å². The monoisotopic (exact) mass is 833 g/mol. The predicted molar refractivity (Wildman–Crippen MR) is 198 cm³/mol. The fourth-order valence-corrected chi connectivity index (χ4v) is 8.16. The fourth-order valence-electron chi connectivity index (χ4n) is 8.16. The number of halogens is 7. The van der Waals surface area contributed by atoms with Crippen molar-refractivity contribution in [3.63, 3.8) is 0 Å². The zero-order chi connectivity index (χ0) is 42.0. The number of amides is 3. The first-order valence-corrected chi connectivity index (χ1v) is 19.3. The van der Waals surface area contributed by atoms with E-state index in [0.29, 0.717) is 42.2 Å². The number of alkyl halides is 5. The van der Waals surface area contributed by atoms with Gasteiger partial charge in [-0.2, -0.15) is 18.3 Å². The summed E-state index contributed by atoms with van der Waals surface area (Å²) in [6.45, 7) is 2.83. The van der Waals surface area contributed by atoms with Crippen LogP contribution in [0.3, 0.4) is 0 Å². The number of anilines is 2. The maximum atomic E-state index is 15.0. The summed E-state index contributed by atoms with van der Waals surface area (Å²) in [5, 5.41) is 6.24. The second kappa shape index (κ2) is 17.5. The molecule has 1 aromatic carbocycles. The Kier molecular flexibility index (Phi) is 12.4. The molecule has 3 amide bonds. The van der Waals surface area contributed by atoms with E-state index < -0.39 is 65.8 Å². The molecule has 1 atom stereocenters. The number of imide groups is 1. The quantitative estimate of drug-likeness (QED) is 0.120. The lowest BCUT2D eigenvalue weighted by molar-refractivity contribution is -0.134. The summed E-state index contributed by atoms with van der Waals surface area (Å²) in [5.41, 5.74) is 4.07. The zero-order valence-corrected chi connectivity index (χ0v) is 31.7. The maximum Gasteiger partial charge on any atom is 0.406 e. The second-order valence-corrected chi connectivity index (χ2v) is 15.2. The SMILES string of the molecule is NC(=O)c1coc(-c2ccnc(N(CC(F)(F)F)c3cn(C4CCC(CN5CCN(CCc6cc(F)c([C@H]7CCC(=O)NC7=O)c(F)c6)CC5)CC4)nc3C(F)F)c2)n1. The van der Waals surface area contributed by atoms with Crippen LogP contribution in [0, 0.1) is 17.6 Å². The molecule has 0 bridgehead atoms. The molecular formula is C39H42F7N9O4. The number of pyridine rings is 1. The molecule has 3 aromatic heterocycles. The van der Waals surface area contributed by atoms with Crippen LogP contribution >= 0.6 is 0 Å². The van der Waals surface area contributed by atoms with E-state index in [9.17, 15) is 45.1 Å². The van der Waals surface area contributed by atoms with Gasteiger partial charge in [0.15, 0.2) is 11.4 Å². The molecule has 7 rings (SSSR count). The Morgan fingerprint density at radius 3 is 2.32 bits per heavy atom. The average molecular weight is 834 g/mol. The normalized spacial score (nSPS) is 20.9. The van der Waals surface area contributed by atoms with Crippen LogP contribution in [-0.4, -0.2) is 99.3 Å². The first-order valence-electron chi connectivity index (χ1n) is 19.3. The largest absolute Gasteiger partial charge is 0.444 e. The summed E-state index contributed by atoms with van der Waals surface area (Å²) < 4.78 is 107. The highest BCUT2D eigenvalue weighted by Crippen LogP contribution is 2.40. The summed E-state index contributed by atoms with van der Waals surface area (Å²) in [5.74, 6) is -4.81. The topological polar surface area (TPSA) is 156 Å². The molecule has 0 radical (unpaired) electrons. The summed E-state index contributed by atoms with van der Waals surface area (Å²) in [6, 6.07) is 4.77. The minimum absolute atomic E-state index is 0.0177. The van der Waals surface area contributed by atoms with E-state index in [4.69, 9.17) is 10.2 Å². The number of nitrogens with two attached hydrogens (primary N) is 1. The van der Waals surface area contributed by atoms with Crippen LogP contribution in [-0.2, 0) is 16.0 Å². The Morgan fingerprint density at radius 2 is 1.69 bits per heavy atom. The van der Waals surface area contributed by atoms with Crippen molar-refractivity contribution in [1.82, 2.24) is 34.9 Å². The lowest BCUT2D eigenvalue weighted by Crippen LogP contribution is -2.48. The number of nitrogens with zero attached hydrogens (tertiary/aromatic N) is 7. The van der Waals surface area contributed by atoms with Gasteiger partial charge in [0.1, 0.15) is 30.3 Å². The first kappa shape index (κ1) is 41.8. The van der Waals surface area contributed by atoms with Crippen molar-refractivity contribution < 1.29 is 49.5 Å². The van der Waals surface area contributed by atoms with Gasteiger partial charge in [0.2, 0.25) is 17.7 Å². The highest BCUT2D eigenvalue weighted by atomic mass is 19.4. The molecule has 4 aromatic rings. The number of nitrogens with one attached hydrogen (secondary N) is 1. The van der Waals surface area contributed by atoms with E-state index in [1.165, 1.54) is 41.3 Å². The lowest BCUT2D eigenvalue weighted by atomic mass is 9.85. The van der Waals surface area contributed by atoms with Gasteiger partial charge >= 0.3 is 6.18 Å². The fraction of sp³-hybridized carbons (Fsp3) is 0.487. The molecule has 0 spiro atoms. The molecule has 20 heteroatoms. The third-order valence-corrected chi connectivity index (χ3v) is 11.2. The van der Waals surface area contributed by atoms with Gasteiger partial charge in [0.05, 0.1) is 17.6 Å². The van der Waals surface area contributed by atoms with Crippen molar-refractivity contribution in [3.05, 3.63) is 77.1 Å². The number of carbonyl (C=O) groups is 3. The van der Waals surface area contributed by atoms with Gasteiger partial charge in [0, 0.05) is 69.2 Å². The number of hydrogen-bond donors (Lipinski definition) is 2. The van der Waals surface area contributed by atoms with Crippen LogP contribution in [0.25, 0.3) is 11.5 Å². The zero-order valence-electron chi connectivity index (χ0n) is 31.7. The Balaban J connectivity index is 0.933. The van der Waals surface area contributed by atoms with Crippen LogP contribution in [0.5, 0.6) is 0 Å². The van der Waals surface area contributed by atoms with Crippen LogP contribution < -0.4 is 16.0 Å². The standard InChI is InChI=1S/C39H42F7N9O4/c40-27-15-23(16-28(41)33(27)26-5-6-32(56)50-37(26)58)8-10-52-11-13-53(14-12-52)18-22-1-3-25(4-2-22)55-19-30(34(51-55)35(42)43)54(21-39(44,45)46)31-17-24(7-9-48-31)38-49-29(20-59-38)36(47)57/h7,9,15-17,19-20,22,25-26,35H,1-6,8,10-14,18,21H2,(H2,47,57)(H,50,56,58)/t22?,25?,26-/m1/s1. The van der Waals surface area contributed by atoms with E-state index in [0.717, 1.165) is 51.8 Å². The third kappa shape index (κ3) is 9.92. The first-order chi connectivity index (χ1) is 28.1. The molecule has 1 saturated carbocycles. The van der Waals surface area contributed by atoms with Gasteiger partial charge in [-0.25, -0.2) is 27.5 Å². The number of carbonyl (C=O) groups excluding carboxylic acids is 3. The predicted octanol–water partition coefficient (Wildman–Crippen LogP) is 6.06. The number of primary amides is 1. The van der Waals surface area contributed by atoms with Crippen LogP contribution in [0.4, 0.5) is 42.2 Å². The molecular weight excluding hydrogens is 791 g/mol. The highest BCUT2D eigenvalue weighted by Gasteiger charge is 2.37. The summed E-state index contributed by atoms with van der Waals surface area (Å²) in [7, 11) is 0. The van der Waals surface area contributed by atoms with Crippen molar-refractivity contribution in [2.45, 2.75) is 69.5 Å². The Labute approximate surface area is 333 Å². The van der Waals surface area contributed by atoms with Gasteiger partial charge in [-0.15, -0.1) is 0 Å². The number of rotatable bonds is 13. The minimum Gasteiger partial charge on any atom is -0.444 e. The van der Waals surface area contributed by atoms with Gasteiger partial charge in [-0.05, 0) is 74.3 Å². The van der Waals surface area contributed by atoms with E-state index >= 15 is 0 Å². The number of piperidine rings is 1. The lowest BCUT2D eigenvalue weighted by Gasteiger charge is -2.38. The average Bonchev–Trinajstić information content (AvgIpc) is 3.87. The molecule has 2 saturated heterocycles. The molecule has 3 fully saturated rings. The molecule has 3 N–H and O–H groups in total. The number of aromatic nitrogens is 4. The van der Waals surface area contributed by atoms with E-state index in [1.807, 2.05) is 0 Å². The van der Waals surface area contributed by atoms with Crippen LogP contribution in [0.1, 0.15) is 84.2 Å². The van der Waals surface area contributed by atoms with Gasteiger partial charge in [-0.1, -0.05) is 0 Å². The molecule has 0 unspecified atom stereocenters. The van der Waals surface area contributed by atoms with Gasteiger partial charge < -0.3 is 24.9 Å². The smallest absolute Gasteiger partial charge is 0.406 e. The van der Waals surface area contributed by atoms with Crippen molar-refractivity contribution in [2.24, 2.45) is 11.7 Å². The summed E-state index contributed by atoms with van der Waals surface area (Å²) >= 11 is 0. The molecule has 59 heavy (non-hydrogen) atoms. The molecule has 5 heterocycles.